The molecule has 1 aromatic heterocycles. The molecule has 0 aliphatic heterocycles. The zero-order valence-electron chi connectivity index (χ0n) is 10.3. The average Bonchev–Trinajstić information content (AvgIpc) is 3.01. The van der Waals surface area contributed by atoms with Crippen LogP contribution in [0.1, 0.15) is 0 Å². The summed E-state index contributed by atoms with van der Waals surface area (Å²) >= 11 is 0. The van der Waals surface area contributed by atoms with Crippen LogP contribution in [0.15, 0.2) is 66.7 Å². The minimum Gasteiger partial charge on any atom is -0.309 e. The molecular weight excluding hydrogens is 230 g/mol. The van der Waals surface area contributed by atoms with Gasteiger partial charge in [0.1, 0.15) is 0 Å². The molecule has 0 spiro atoms. The summed E-state index contributed by atoms with van der Waals surface area (Å²) < 4.78 is 2.38. The van der Waals surface area contributed by atoms with Gasteiger partial charge in [-0.15, -0.1) is 0 Å². The minimum absolute atomic E-state index is 1.29. The summed E-state index contributed by atoms with van der Waals surface area (Å²) in [6, 6.07) is 24.0. The summed E-state index contributed by atoms with van der Waals surface area (Å²) in [7, 11) is 0. The summed E-state index contributed by atoms with van der Waals surface area (Å²) in [5.41, 5.74) is 6.67. The van der Waals surface area contributed by atoms with E-state index in [1.54, 1.807) is 0 Å². The van der Waals surface area contributed by atoms with Gasteiger partial charge >= 0.3 is 0 Å². The van der Waals surface area contributed by atoms with E-state index < -0.39 is 0 Å². The van der Waals surface area contributed by atoms with Crippen molar-refractivity contribution in [1.82, 2.24) is 4.57 Å². The molecule has 0 amide bonds. The molecule has 2 aliphatic rings. The van der Waals surface area contributed by atoms with Gasteiger partial charge in [-0.1, -0.05) is 42.5 Å². The van der Waals surface area contributed by atoms with E-state index >= 15 is 0 Å². The molecule has 1 nitrogen and oxygen atoms in total. The van der Waals surface area contributed by atoms with E-state index in [4.69, 9.17) is 0 Å². The number of rotatable bonds is 1. The molecule has 19 heavy (non-hydrogen) atoms. The summed E-state index contributed by atoms with van der Waals surface area (Å²) in [5.74, 6) is 0. The number of benzene rings is 3. The van der Waals surface area contributed by atoms with E-state index in [2.05, 4.69) is 71.3 Å². The molecule has 2 aliphatic carbocycles. The second kappa shape index (κ2) is 3.07. The smallest absolute Gasteiger partial charge is 0.0541 e. The first-order chi connectivity index (χ1) is 9.43. The Bertz CT molecular complexity index is 907. The zero-order valence-corrected chi connectivity index (χ0v) is 10.3. The SMILES string of the molecule is c1ccc2c(c1)c1ccccc1n2-c1ccc2cc1-2. The molecule has 2 aromatic carbocycles. The van der Waals surface area contributed by atoms with E-state index in [1.165, 1.54) is 38.6 Å². The highest BCUT2D eigenvalue weighted by molar-refractivity contribution is 6.10. The van der Waals surface area contributed by atoms with E-state index in [0.29, 0.717) is 0 Å². The Morgan fingerprint density at radius 3 is 1.79 bits per heavy atom. The molecule has 3 aromatic rings. The van der Waals surface area contributed by atoms with Crippen molar-refractivity contribution in [2.24, 2.45) is 0 Å². The first-order valence-corrected chi connectivity index (χ1v) is 6.56. The van der Waals surface area contributed by atoms with Crippen LogP contribution in [0.5, 0.6) is 0 Å². The van der Waals surface area contributed by atoms with Gasteiger partial charge in [-0.05, 0) is 29.8 Å². The standard InChI is InChI=1S/C18H11N/c1-3-7-16-13(5-1)14-6-2-4-8-17(14)19(16)18-10-9-12-11-15(12)18/h1-11H. The maximum absolute atomic E-state index is 2.38. The monoisotopic (exact) mass is 241 g/mol. The molecule has 0 bridgehead atoms. The van der Waals surface area contributed by atoms with E-state index in [0.717, 1.165) is 0 Å². The van der Waals surface area contributed by atoms with Crippen LogP contribution in [0.25, 0.3) is 38.6 Å². The zero-order chi connectivity index (χ0) is 12.4. The van der Waals surface area contributed by atoms with Crippen LogP contribution in [0.2, 0.25) is 0 Å². The van der Waals surface area contributed by atoms with Gasteiger partial charge in [-0.3, -0.25) is 0 Å². The lowest BCUT2D eigenvalue weighted by molar-refractivity contribution is 1.20. The van der Waals surface area contributed by atoms with Crippen LogP contribution in [-0.2, 0) is 0 Å². The first kappa shape index (κ1) is 9.40. The van der Waals surface area contributed by atoms with Gasteiger partial charge < -0.3 is 4.57 Å². The number of hydrogen-bond donors (Lipinski definition) is 0. The third kappa shape index (κ3) is 1.10. The lowest BCUT2D eigenvalue weighted by Gasteiger charge is -2.05. The quantitative estimate of drug-likeness (QED) is 0.398. The summed E-state index contributed by atoms with van der Waals surface area (Å²) in [5, 5.41) is 2.66. The molecule has 0 fully saturated rings. The number of aromatic nitrogens is 1. The van der Waals surface area contributed by atoms with Crippen molar-refractivity contribution in [2.75, 3.05) is 0 Å². The average molecular weight is 241 g/mol. The molecule has 0 atom stereocenters. The Morgan fingerprint density at radius 2 is 1.26 bits per heavy atom. The van der Waals surface area contributed by atoms with Crippen molar-refractivity contribution in [3.8, 4) is 16.8 Å². The van der Waals surface area contributed by atoms with Crippen molar-refractivity contribution in [3.63, 3.8) is 0 Å². The molecule has 88 valence electrons. The molecule has 1 heteroatoms. The van der Waals surface area contributed by atoms with Gasteiger partial charge in [0.15, 0.2) is 0 Å². The lowest BCUT2D eigenvalue weighted by Crippen LogP contribution is -1.90. The molecule has 0 radical (unpaired) electrons. The molecule has 0 saturated heterocycles. The normalized spacial score (nSPS) is 12.2. The Kier molecular flexibility index (Phi) is 1.52. The maximum Gasteiger partial charge on any atom is 0.0541 e. The highest BCUT2D eigenvalue weighted by Gasteiger charge is 2.21. The van der Waals surface area contributed by atoms with E-state index in [9.17, 15) is 0 Å². The van der Waals surface area contributed by atoms with Gasteiger partial charge in [-0.25, -0.2) is 0 Å². The maximum atomic E-state index is 2.38. The molecule has 0 N–H and O–H groups in total. The first-order valence-electron chi connectivity index (χ1n) is 6.56. The van der Waals surface area contributed by atoms with E-state index in [1.807, 2.05) is 0 Å². The van der Waals surface area contributed by atoms with Gasteiger partial charge in [0, 0.05) is 16.3 Å². The summed E-state index contributed by atoms with van der Waals surface area (Å²) in [6.45, 7) is 0. The van der Waals surface area contributed by atoms with Gasteiger partial charge in [0.05, 0.1) is 16.7 Å². The van der Waals surface area contributed by atoms with Crippen molar-refractivity contribution in [2.45, 2.75) is 0 Å². The van der Waals surface area contributed by atoms with Crippen LogP contribution < -0.4 is 0 Å². The third-order valence-electron chi connectivity index (χ3n) is 4.05. The molecule has 1 heterocycles. The highest BCUT2D eigenvalue weighted by atomic mass is 15.0. The lowest BCUT2D eigenvalue weighted by atomic mass is 10.2. The van der Waals surface area contributed by atoms with Crippen molar-refractivity contribution >= 4 is 21.8 Å². The van der Waals surface area contributed by atoms with Crippen molar-refractivity contribution in [3.05, 3.63) is 66.7 Å². The number of para-hydroxylation sites is 2. The highest BCUT2D eigenvalue weighted by Crippen LogP contribution is 2.43. The largest absolute Gasteiger partial charge is 0.309 e. The molecule has 5 rings (SSSR count). The third-order valence-corrected chi connectivity index (χ3v) is 4.05. The second-order valence-electron chi connectivity index (χ2n) is 5.10. The molecule has 0 saturated carbocycles. The fourth-order valence-electron chi connectivity index (χ4n) is 3.11. The fourth-order valence-corrected chi connectivity index (χ4v) is 3.11. The van der Waals surface area contributed by atoms with Crippen LogP contribution in [0.4, 0.5) is 0 Å². The van der Waals surface area contributed by atoms with Crippen LogP contribution in [0.3, 0.4) is 0 Å². The Labute approximate surface area is 110 Å². The molecule has 0 unspecified atom stereocenters. The van der Waals surface area contributed by atoms with Gasteiger partial charge in [-0.2, -0.15) is 0 Å². The van der Waals surface area contributed by atoms with E-state index in [-0.39, 0.29) is 0 Å². The van der Waals surface area contributed by atoms with Gasteiger partial charge in [0.2, 0.25) is 0 Å². The van der Waals surface area contributed by atoms with Gasteiger partial charge in [0.25, 0.3) is 0 Å². The second-order valence-corrected chi connectivity index (χ2v) is 5.10. The van der Waals surface area contributed by atoms with Crippen LogP contribution in [-0.4, -0.2) is 4.57 Å². The van der Waals surface area contributed by atoms with Crippen LogP contribution in [0, 0.1) is 0 Å². The number of hydrogen-bond acceptors (Lipinski definition) is 0. The predicted molar refractivity (Wildman–Crippen MR) is 79.8 cm³/mol. The summed E-state index contributed by atoms with van der Waals surface area (Å²) in [4.78, 5) is 0. The topological polar surface area (TPSA) is 4.93 Å². The Morgan fingerprint density at radius 1 is 0.632 bits per heavy atom. The molecular formula is C18H11N. The minimum atomic E-state index is 1.29. The summed E-state index contributed by atoms with van der Waals surface area (Å²) in [6.07, 6.45) is 0. The Hall–Kier alpha value is -2.54. The van der Waals surface area contributed by atoms with Crippen molar-refractivity contribution in [1.29, 1.82) is 0 Å². The van der Waals surface area contributed by atoms with Crippen molar-refractivity contribution < 1.29 is 0 Å². The Balaban J connectivity index is 2.04. The number of fused-ring (bicyclic) bond motifs is 4. The fraction of sp³-hybridized carbons (Fsp3) is 0. The number of nitrogens with zero attached hydrogens (tertiary/aromatic N) is 1. The van der Waals surface area contributed by atoms with Crippen LogP contribution >= 0.6 is 0 Å². The predicted octanol–water partition coefficient (Wildman–Crippen LogP) is 4.76.